The molecule has 0 atom stereocenters. The Morgan fingerprint density at radius 2 is 2.16 bits per heavy atom. The van der Waals surface area contributed by atoms with Gasteiger partial charge in [0.1, 0.15) is 6.61 Å². The lowest BCUT2D eigenvalue weighted by atomic mass is 10.1. The number of ether oxygens (including phenoxy) is 1. The predicted molar refractivity (Wildman–Crippen MR) is 75.7 cm³/mol. The minimum atomic E-state index is -0.237. The summed E-state index contributed by atoms with van der Waals surface area (Å²) in [6.45, 7) is 5.44. The lowest BCUT2D eigenvalue weighted by Crippen LogP contribution is -2.36. The van der Waals surface area contributed by atoms with Crippen LogP contribution in [0.4, 0.5) is 4.79 Å². The van der Waals surface area contributed by atoms with E-state index in [1.807, 2.05) is 36.4 Å². The molecule has 1 amide bonds. The van der Waals surface area contributed by atoms with Crippen LogP contribution in [0.2, 0.25) is 0 Å². The molecule has 0 fully saturated rings. The van der Waals surface area contributed by atoms with Gasteiger partial charge in [0.05, 0.1) is 0 Å². The summed E-state index contributed by atoms with van der Waals surface area (Å²) in [6.07, 6.45) is 5.54. The summed E-state index contributed by atoms with van der Waals surface area (Å²) in [4.78, 5) is 13.7. The second-order valence-electron chi connectivity index (χ2n) is 4.61. The summed E-state index contributed by atoms with van der Waals surface area (Å²) < 4.78 is 5.33. The van der Waals surface area contributed by atoms with Crippen LogP contribution in [0.5, 0.6) is 0 Å². The fourth-order valence-electron chi connectivity index (χ4n) is 2.11. The van der Waals surface area contributed by atoms with Crippen LogP contribution in [0.1, 0.15) is 18.4 Å². The van der Waals surface area contributed by atoms with Crippen LogP contribution in [-0.4, -0.2) is 24.1 Å². The largest absolute Gasteiger partial charge is 0.445 e. The van der Waals surface area contributed by atoms with E-state index in [2.05, 4.69) is 12.7 Å². The first kappa shape index (κ1) is 13.4. The first-order chi connectivity index (χ1) is 9.29. The normalized spacial score (nSPS) is 14.7. The molecule has 0 N–H and O–H groups in total. The van der Waals surface area contributed by atoms with Crippen LogP contribution in [-0.2, 0) is 11.3 Å². The van der Waals surface area contributed by atoms with Crippen molar-refractivity contribution in [1.82, 2.24) is 4.90 Å². The van der Waals surface area contributed by atoms with Gasteiger partial charge in [-0.05, 0) is 18.4 Å². The molecule has 3 nitrogen and oxygen atoms in total. The fourth-order valence-corrected chi connectivity index (χ4v) is 2.11. The number of nitrogens with zero attached hydrogens (tertiary/aromatic N) is 1. The Labute approximate surface area is 114 Å². The van der Waals surface area contributed by atoms with Crippen molar-refractivity contribution in [2.45, 2.75) is 19.4 Å². The highest BCUT2D eigenvalue weighted by Crippen LogP contribution is 2.14. The zero-order chi connectivity index (χ0) is 13.5. The van der Waals surface area contributed by atoms with Crippen LogP contribution in [0, 0.1) is 0 Å². The summed E-state index contributed by atoms with van der Waals surface area (Å²) in [5.41, 5.74) is 2.24. The number of hydrogen-bond donors (Lipinski definition) is 0. The molecule has 1 aromatic rings. The molecule has 0 radical (unpaired) electrons. The highest BCUT2D eigenvalue weighted by atomic mass is 16.6. The number of rotatable bonds is 4. The maximum Gasteiger partial charge on any atom is 0.410 e. The number of benzene rings is 1. The molecule has 0 saturated carbocycles. The van der Waals surface area contributed by atoms with E-state index in [1.165, 1.54) is 5.57 Å². The Kier molecular flexibility index (Phi) is 4.78. The summed E-state index contributed by atoms with van der Waals surface area (Å²) in [6, 6.07) is 9.73. The molecule has 1 aromatic carbocycles. The number of allylic oxidation sites excluding steroid dienone is 1. The van der Waals surface area contributed by atoms with E-state index in [0.29, 0.717) is 13.2 Å². The van der Waals surface area contributed by atoms with Crippen LogP contribution in [0.15, 0.2) is 54.6 Å². The quantitative estimate of drug-likeness (QED) is 0.772. The maximum absolute atomic E-state index is 12.0. The lowest BCUT2D eigenvalue weighted by Gasteiger charge is -2.26. The van der Waals surface area contributed by atoms with Crippen molar-refractivity contribution >= 4 is 6.09 Å². The van der Waals surface area contributed by atoms with Crippen LogP contribution in [0.3, 0.4) is 0 Å². The molecule has 0 unspecified atom stereocenters. The number of carbonyl (C=O) groups is 1. The second-order valence-corrected chi connectivity index (χ2v) is 4.61. The third-order valence-electron chi connectivity index (χ3n) is 3.10. The maximum atomic E-state index is 12.0. The van der Waals surface area contributed by atoms with E-state index in [4.69, 9.17) is 4.74 Å². The molecule has 3 heteroatoms. The van der Waals surface area contributed by atoms with Crippen LogP contribution >= 0.6 is 0 Å². The molecule has 0 spiro atoms. The topological polar surface area (TPSA) is 29.5 Å². The van der Waals surface area contributed by atoms with Crippen molar-refractivity contribution < 1.29 is 9.53 Å². The molecular weight excluding hydrogens is 238 g/mol. The molecule has 19 heavy (non-hydrogen) atoms. The van der Waals surface area contributed by atoms with Crippen molar-refractivity contribution in [3.05, 3.63) is 60.2 Å². The highest BCUT2D eigenvalue weighted by molar-refractivity contribution is 5.68. The van der Waals surface area contributed by atoms with Gasteiger partial charge in [-0.3, -0.25) is 0 Å². The number of amides is 1. The van der Waals surface area contributed by atoms with Crippen molar-refractivity contribution in [2.24, 2.45) is 0 Å². The highest BCUT2D eigenvalue weighted by Gasteiger charge is 2.18. The van der Waals surface area contributed by atoms with Gasteiger partial charge in [0, 0.05) is 13.1 Å². The van der Waals surface area contributed by atoms with Gasteiger partial charge >= 0.3 is 6.09 Å². The van der Waals surface area contributed by atoms with E-state index in [0.717, 1.165) is 24.9 Å². The first-order valence-corrected chi connectivity index (χ1v) is 6.54. The average molecular weight is 257 g/mol. The standard InChI is InChI=1S/C16H19NO2/c1-2-7-14-10-6-11-17(12-14)16(18)19-13-15-8-4-3-5-9-15/h2-5,8-10H,1,6-7,11-13H2. The zero-order valence-corrected chi connectivity index (χ0v) is 11.0. The van der Waals surface area contributed by atoms with Gasteiger partial charge in [-0.15, -0.1) is 6.58 Å². The number of carbonyl (C=O) groups excluding carboxylic acids is 1. The van der Waals surface area contributed by atoms with Gasteiger partial charge in [-0.25, -0.2) is 4.79 Å². The molecule has 0 aromatic heterocycles. The minimum Gasteiger partial charge on any atom is -0.445 e. The van der Waals surface area contributed by atoms with Gasteiger partial charge in [-0.2, -0.15) is 0 Å². The molecular formula is C16H19NO2. The Balaban J connectivity index is 1.84. The molecule has 1 aliphatic rings. The Hall–Kier alpha value is -2.03. The average Bonchev–Trinajstić information content (AvgIpc) is 2.46. The third-order valence-corrected chi connectivity index (χ3v) is 3.10. The van der Waals surface area contributed by atoms with E-state index >= 15 is 0 Å². The van der Waals surface area contributed by atoms with E-state index in [9.17, 15) is 4.79 Å². The van der Waals surface area contributed by atoms with Crippen LogP contribution in [0.25, 0.3) is 0 Å². The lowest BCUT2D eigenvalue weighted by molar-refractivity contribution is 0.0982. The summed E-state index contributed by atoms with van der Waals surface area (Å²) >= 11 is 0. The Morgan fingerprint density at radius 1 is 1.37 bits per heavy atom. The molecule has 100 valence electrons. The van der Waals surface area contributed by atoms with Gasteiger partial charge in [-0.1, -0.05) is 48.1 Å². The van der Waals surface area contributed by atoms with E-state index < -0.39 is 0 Å². The van der Waals surface area contributed by atoms with E-state index in [1.54, 1.807) is 4.90 Å². The zero-order valence-electron chi connectivity index (χ0n) is 11.0. The minimum absolute atomic E-state index is 0.237. The molecule has 2 rings (SSSR count). The van der Waals surface area contributed by atoms with Gasteiger partial charge in [0.15, 0.2) is 0 Å². The monoisotopic (exact) mass is 257 g/mol. The third kappa shape index (κ3) is 3.98. The predicted octanol–water partition coefficient (Wildman–Crippen LogP) is 3.53. The van der Waals surface area contributed by atoms with Crippen LogP contribution < -0.4 is 0 Å². The van der Waals surface area contributed by atoms with Crippen molar-refractivity contribution in [3.8, 4) is 0 Å². The smallest absolute Gasteiger partial charge is 0.410 e. The molecule has 0 aliphatic carbocycles. The first-order valence-electron chi connectivity index (χ1n) is 6.54. The summed E-state index contributed by atoms with van der Waals surface area (Å²) in [5.74, 6) is 0. The molecule has 0 bridgehead atoms. The second kappa shape index (κ2) is 6.78. The molecule has 1 heterocycles. The summed E-state index contributed by atoms with van der Waals surface area (Å²) in [7, 11) is 0. The molecule has 1 aliphatic heterocycles. The van der Waals surface area contributed by atoms with Gasteiger partial charge < -0.3 is 9.64 Å². The Morgan fingerprint density at radius 3 is 2.89 bits per heavy atom. The van der Waals surface area contributed by atoms with Crippen molar-refractivity contribution in [3.63, 3.8) is 0 Å². The van der Waals surface area contributed by atoms with E-state index in [-0.39, 0.29) is 6.09 Å². The van der Waals surface area contributed by atoms with Crippen molar-refractivity contribution in [2.75, 3.05) is 13.1 Å². The Bertz CT molecular complexity index is 465. The summed E-state index contributed by atoms with van der Waals surface area (Å²) in [5, 5.41) is 0. The molecule has 0 saturated heterocycles. The van der Waals surface area contributed by atoms with Crippen molar-refractivity contribution in [1.29, 1.82) is 0 Å². The SMILES string of the molecule is C=CCC1=CCCN(C(=O)OCc2ccccc2)C1. The van der Waals surface area contributed by atoms with Gasteiger partial charge in [0.2, 0.25) is 0 Å². The fraction of sp³-hybridized carbons (Fsp3) is 0.312. The number of hydrogen-bond acceptors (Lipinski definition) is 2. The van der Waals surface area contributed by atoms with Gasteiger partial charge in [0.25, 0.3) is 0 Å².